The van der Waals surface area contributed by atoms with E-state index < -0.39 is 59.9 Å². The molecule has 13 heteroatoms. The molecule has 0 saturated carbocycles. The van der Waals surface area contributed by atoms with Crippen molar-refractivity contribution >= 4 is 25.2 Å². The van der Waals surface area contributed by atoms with E-state index in [2.05, 4.69) is 13.8 Å². The van der Waals surface area contributed by atoms with Gasteiger partial charge in [-0.25, -0.2) is 22.0 Å². The van der Waals surface area contributed by atoms with Gasteiger partial charge in [0.1, 0.15) is 5.69 Å². The predicted molar refractivity (Wildman–Crippen MR) is 72.3 cm³/mol. The molecule has 1 aromatic rings. The Morgan fingerprint density at radius 1 is 0.880 bits per heavy atom. The number of carbonyl (C=O) groups is 2. The van der Waals surface area contributed by atoms with Crippen molar-refractivity contribution in [2.45, 2.75) is 5.66 Å². The monoisotopic (exact) mass is 391 g/mol. The van der Waals surface area contributed by atoms with Crippen LogP contribution in [0.3, 0.4) is 0 Å². The van der Waals surface area contributed by atoms with Crippen molar-refractivity contribution < 1.29 is 49.9 Å². The van der Waals surface area contributed by atoms with Gasteiger partial charge in [0.2, 0.25) is 11.5 Å². The molecule has 0 bridgehead atoms. The van der Waals surface area contributed by atoms with Crippen molar-refractivity contribution in [3.8, 4) is 0 Å². The van der Waals surface area contributed by atoms with Crippen LogP contribution in [0.5, 0.6) is 0 Å². The van der Waals surface area contributed by atoms with Gasteiger partial charge in [0.05, 0.1) is 7.11 Å². The van der Waals surface area contributed by atoms with Gasteiger partial charge in [0, 0.05) is 14.2 Å². The number of ether oxygens (including phenoxy) is 1. The average molecular weight is 391 g/mol. The maximum absolute atomic E-state index is 13.6. The Balaban J connectivity index is 3.41. The summed E-state index contributed by atoms with van der Waals surface area (Å²) < 4.78 is 91.8. The van der Waals surface area contributed by atoms with E-state index >= 15 is 0 Å². The summed E-state index contributed by atoms with van der Waals surface area (Å²) in [6.07, 6.45) is 0. The van der Waals surface area contributed by atoms with E-state index in [0.717, 1.165) is 21.3 Å². The Morgan fingerprint density at radius 3 is 1.64 bits per heavy atom. The zero-order valence-electron chi connectivity index (χ0n) is 12.9. The first-order chi connectivity index (χ1) is 11.5. The van der Waals surface area contributed by atoms with Gasteiger partial charge < -0.3 is 19.1 Å². The Hall–Kier alpha value is -2.04. The van der Waals surface area contributed by atoms with Crippen LogP contribution in [0.2, 0.25) is 0 Å². The molecule has 0 heterocycles. The zero-order valence-corrected chi connectivity index (χ0v) is 13.8. The van der Waals surface area contributed by atoms with E-state index in [1.165, 1.54) is 5.32 Å². The fourth-order valence-electron chi connectivity index (χ4n) is 1.68. The van der Waals surface area contributed by atoms with Gasteiger partial charge in [-0.05, 0) is 0 Å². The van der Waals surface area contributed by atoms with Crippen LogP contribution in [0.15, 0.2) is 0 Å². The highest BCUT2D eigenvalue weighted by Gasteiger charge is 2.47. The molecule has 0 aliphatic rings. The van der Waals surface area contributed by atoms with Crippen molar-refractivity contribution in [3.63, 3.8) is 0 Å². The molecule has 0 fully saturated rings. The maximum Gasteiger partial charge on any atom is 0.353 e. The number of benzene rings is 1. The van der Waals surface area contributed by atoms with Crippen LogP contribution in [0, 0.1) is 29.1 Å². The first-order valence-electron chi connectivity index (χ1n) is 6.17. The molecule has 140 valence electrons. The molecule has 0 saturated heterocycles. The van der Waals surface area contributed by atoms with Gasteiger partial charge >= 0.3 is 13.6 Å². The smallest absolute Gasteiger partial charge is 0.353 e. The van der Waals surface area contributed by atoms with Crippen molar-refractivity contribution in [1.29, 1.82) is 0 Å². The van der Waals surface area contributed by atoms with Gasteiger partial charge in [-0.15, -0.1) is 0 Å². The van der Waals surface area contributed by atoms with Crippen molar-refractivity contribution in [3.05, 3.63) is 29.1 Å². The number of methoxy groups -OCH3 is 1. The second-order valence-corrected chi connectivity index (χ2v) is 6.59. The molecule has 1 atom stereocenters. The Morgan fingerprint density at radius 2 is 1.28 bits per heavy atom. The lowest BCUT2D eigenvalue weighted by Crippen LogP contribution is -2.37. The number of hydrogen-bond acceptors (Lipinski definition) is 6. The third-order valence-corrected chi connectivity index (χ3v) is 5.05. The molecule has 1 aromatic carbocycles. The molecule has 0 aliphatic heterocycles. The number of anilines is 1. The molecule has 0 aromatic heterocycles. The molecule has 1 rings (SSSR count). The molecule has 0 spiro atoms. The molecule has 7 nitrogen and oxygen atoms in total. The van der Waals surface area contributed by atoms with Crippen molar-refractivity contribution in [2.75, 3.05) is 26.6 Å². The van der Waals surface area contributed by atoms with Gasteiger partial charge in [-0.2, -0.15) is 0 Å². The highest BCUT2D eigenvalue weighted by molar-refractivity contribution is 7.57. The van der Waals surface area contributed by atoms with Crippen molar-refractivity contribution in [2.24, 2.45) is 0 Å². The van der Waals surface area contributed by atoms with E-state index in [4.69, 9.17) is 0 Å². The number of nitrogens with one attached hydrogen (secondary N) is 1. The van der Waals surface area contributed by atoms with E-state index in [-0.39, 0.29) is 0 Å². The van der Waals surface area contributed by atoms with Crippen LogP contribution in [-0.2, 0) is 27.9 Å². The topological polar surface area (TPSA) is 90.9 Å². The molecule has 25 heavy (non-hydrogen) atoms. The molecule has 1 unspecified atom stereocenters. The predicted octanol–water partition coefficient (Wildman–Crippen LogP) is 2.35. The quantitative estimate of drug-likeness (QED) is 0.200. The van der Waals surface area contributed by atoms with E-state index in [9.17, 15) is 36.1 Å². The van der Waals surface area contributed by atoms with E-state index in [1.807, 2.05) is 0 Å². The number of carbonyl (C=O) groups excluding carboxylic acids is 2. The highest BCUT2D eigenvalue weighted by Crippen LogP contribution is 2.52. The van der Waals surface area contributed by atoms with Gasteiger partial charge in [0.25, 0.3) is 5.91 Å². The number of halogens is 5. The molecule has 0 aliphatic carbocycles. The number of rotatable bonds is 6. The second kappa shape index (κ2) is 7.89. The Kier molecular flexibility index (Phi) is 6.63. The molecule has 1 N–H and O–H groups in total. The summed E-state index contributed by atoms with van der Waals surface area (Å²) in [4.78, 5) is 23.7. The van der Waals surface area contributed by atoms with Crippen LogP contribution in [-0.4, -0.2) is 38.9 Å². The Labute approximate surface area is 137 Å². The number of amides is 1. The van der Waals surface area contributed by atoms with Gasteiger partial charge in [-0.3, -0.25) is 14.2 Å². The summed E-state index contributed by atoms with van der Waals surface area (Å²) in [5, 5.41) is 1.31. The van der Waals surface area contributed by atoms with Gasteiger partial charge in [-0.1, -0.05) is 0 Å². The summed E-state index contributed by atoms with van der Waals surface area (Å²) in [6, 6.07) is 0. The largest absolute Gasteiger partial charge is 0.468 e. The van der Waals surface area contributed by atoms with Crippen LogP contribution >= 0.6 is 7.60 Å². The summed E-state index contributed by atoms with van der Waals surface area (Å²) >= 11 is 0. The summed E-state index contributed by atoms with van der Waals surface area (Å²) in [5.41, 5.74) is -4.13. The Bertz CT molecular complexity index is 721. The normalized spacial score (nSPS) is 12.6. The fourth-order valence-corrected chi connectivity index (χ4v) is 2.97. The third-order valence-electron chi connectivity index (χ3n) is 2.96. The average Bonchev–Trinajstić information content (AvgIpc) is 2.61. The molecular formula is C12H11F5NO6P. The zero-order chi connectivity index (χ0) is 19.5. The second-order valence-electron chi connectivity index (χ2n) is 4.26. The lowest BCUT2D eigenvalue weighted by atomic mass is 10.2. The summed E-state index contributed by atoms with van der Waals surface area (Å²) in [5.74, 6) is -15.1. The molecule has 0 radical (unpaired) electrons. The maximum atomic E-state index is 13.6. The first kappa shape index (κ1) is 21.0. The minimum absolute atomic E-state index is 0.788. The highest BCUT2D eigenvalue weighted by atomic mass is 31.2. The van der Waals surface area contributed by atoms with Crippen molar-refractivity contribution in [1.82, 2.24) is 0 Å². The number of hydrogen-bond donors (Lipinski definition) is 1. The minimum atomic E-state index is -4.51. The standard InChI is InChI=1S/C12H11F5NO6P/c1-22-12(20)10(25(21,23-2)24-3)11(19)18-9-7(16)5(14)4(13)6(15)8(9)17/h10H,1-3H3,(H,18,19). The lowest BCUT2D eigenvalue weighted by Gasteiger charge is -2.21. The number of esters is 1. The minimum Gasteiger partial charge on any atom is -0.468 e. The van der Waals surface area contributed by atoms with E-state index in [0.29, 0.717) is 0 Å². The van der Waals surface area contributed by atoms with Gasteiger partial charge in [0.15, 0.2) is 23.3 Å². The summed E-state index contributed by atoms with van der Waals surface area (Å²) in [6.45, 7) is 0. The lowest BCUT2D eigenvalue weighted by molar-refractivity contribution is -0.142. The van der Waals surface area contributed by atoms with Crippen LogP contribution < -0.4 is 5.32 Å². The SMILES string of the molecule is COC(=O)C(C(=O)Nc1c(F)c(F)c(F)c(F)c1F)P(=O)(OC)OC. The van der Waals surface area contributed by atoms with Crippen LogP contribution in [0.4, 0.5) is 27.6 Å². The molecule has 1 amide bonds. The fraction of sp³-hybridized carbons (Fsp3) is 0.333. The van der Waals surface area contributed by atoms with Crippen LogP contribution in [0.25, 0.3) is 0 Å². The van der Waals surface area contributed by atoms with E-state index in [1.54, 1.807) is 0 Å². The third kappa shape index (κ3) is 3.80. The van der Waals surface area contributed by atoms with Crippen LogP contribution in [0.1, 0.15) is 0 Å². The molecular weight excluding hydrogens is 380 g/mol. The first-order valence-corrected chi connectivity index (χ1v) is 7.78. The summed E-state index contributed by atoms with van der Waals surface area (Å²) in [7, 11) is -2.13.